The number of halogens is 3. The topological polar surface area (TPSA) is 131 Å². The van der Waals surface area contributed by atoms with E-state index < -0.39 is 24.0 Å². The van der Waals surface area contributed by atoms with E-state index in [2.05, 4.69) is 24.7 Å². The smallest absolute Gasteiger partial charge is 0.479 e. The lowest BCUT2D eigenvalue weighted by atomic mass is 10.2. The van der Waals surface area contributed by atoms with Gasteiger partial charge in [0.2, 0.25) is 17.7 Å². The van der Waals surface area contributed by atoms with Gasteiger partial charge in [0, 0.05) is 11.8 Å². The molecule has 12 heteroatoms. The van der Waals surface area contributed by atoms with E-state index in [1.165, 1.54) is 25.4 Å². The molecule has 0 aliphatic carbocycles. The molecule has 0 unspecified atom stereocenters. The average Bonchev–Trinajstić information content (AvgIpc) is 3.02. The summed E-state index contributed by atoms with van der Waals surface area (Å²) in [5.41, 5.74) is 6.87. The molecule has 1 aromatic carbocycles. The van der Waals surface area contributed by atoms with E-state index in [1.807, 2.05) is 0 Å². The molecule has 0 aliphatic heterocycles. The van der Waals surface area contributed by atoms with Crippen molar-refractivity contribution in [3.8, 4) is 11.6 Å². The summed E-state index contributed by atoms with van der Waals surface area (Å²) < 4.78 is 50.4. The van der Waals surface area contributed by atoms with Gasteiger partial charge in [-0.05, 0) is 30.3 Å². The molecule has 0 aliphatic rings. The number of H-pyrrole nitrogens is 1. The van der Waals surface area contributed by atoms with Gasteiger partial charge in [-0.2, -0.15) is 4.99 Å². The lowest BCUT2D eigenvalue weighted by Gasteiger charge is -2.09. The zero-order valence-electron chi connectivity index (χ0n) is 14.2. The number of nitrogens with two attached hydrogens (primary N) is 1. The van der Waals surface area contributed by atoms with E-state index in [4.69, 9.17) is 20.6 Å². The monoisotopic (exact) mass is 394 g/mol. The van der Waals surface area contributed by atoms with Gasteiger partial charge in [0.25, 0.3) is 6.02 Å². The number of aromatic amines is 1. The number of hydrogen-bond acceptors (Lipinski definition) is 7. The van der Waals surface area contributed by atoms with Gasteiger partial charge < -0.3 is 24.9 Å². The number of methoxy groups -OCH3 is 1. The fourth-order valence-corrected chi connectivity index (χ4v) is 2.20. The number of aliphatic imine (C=N–C) groups is 1. The maximum absolute atomic E-state index is 12.2. The molecule has 3 aromatic rings. The van der Waals surface area contributed by atoms with Gasteiger partial charge >= 0.3 is 6.36 Å². The molecule has 0 saturated heterocycles. The number of nitrogens with zero attached hydrogens (tertiary/aromatic N) is 3. The second-order valence-corrected chi connectivity index (χ2v) is 5.23. The molecule has 0 saturated carbocycles. The van der Waals surface area contributed by atoms with Crippen LogP contribution in [0.1, 0.15) is 5.56 Å². The van der Waals surface area contributed by atoms with Crippen molar-refractivity contribution >= 4 is 28.9 Å². The van der Waals surface area contributed by atoms with Crippen LogP contribution in [0.2, 0.25) is 0 Å². The van der Waals surface area contributed by atoms with Crippen LogP contribution in [-0.4, -0.2) is 40.3 Å². The van der Waals surface area contributed by atoms with E-state index in [1.54, 1.807) is 6.07 Å². The van der Waals surface area contributed by atoms with Gasteiger partial charge in [-0.3, -0.25) is 5.41 Å². The van der Waals surface area contributed by atoms with E-state index in [9.17, 15) is 13.2 Å². The Morgan fingerprint density at radius 2 is 1.93 bits per heavy atom. The highest BCUT2D eigenvalue weighted by Crippen LogP contribution is 2.24. The van der Waals surface area contributed by atoms with Crippen molar-refractivity contribution in [1.82, 2.24) is 15.0 Å². The summed E-state index contributed by atoms with van der Waals surface area (Å²) >= 11 is 0. The summed E-state index contributed by atoms with van der Waals surface area (Å²) in [4.78, 5) is 15.0. The van der Waals surface area contributed by atoms with Crippen molar-refractivity contribution in [3.63, 3.8) is 0 Å². The van der Waals surface area contributed by atoms with Crippen molar-refractivity contribution in [2.24, 2.45) is 10.7 Å². The van der Waals surface area contributed by atoms with Gasteiger partial charge in [-0.25, -0.2) is 9.97 Å². The Balaban J connectivity index is 1.71. The Kier molecular flexibility index (Phi) is 5.02. The zero-order valence-corrected chi connectivity index (χ0v) is 14.2. The summed E-state index contributed by atoms with van der Waals surface area (Å²) in [7, 11) is 1.45. The predicted molar refractivity (Wildman–Crippen MR) is 92.8 cm³/mol. The van der Waals surface area contributed by atoms with Crippen molar-refractivity contribution in [1.29, 1.82) is 5.41 Å². The normalized spacial score (nSPS) is 12.1. The third-order valence-corrected chi connectivity index (χ3v) is 3.32. The van der Waals surface area contributed by atoms with Crippen LogP contribution in [0.25, 0.3) is 11.0 Å². The Labute approximate surface area is 155 Å². The molecule has 146 valence electrons. The third kappa shape index (κ3) is 4.47. The van der Waals surface area contributed by atoms with Crippen LogP contribution in [0.3, 0.4) is 0 Å². The minimum atomic E-state index is -4.80. The van der Waals surface area contributed by atoms with Crippen molar-refractivity contribution in [3.05, 3.63) is 42.1 Å². The highest BCUT2D eigenvalue weighted by molar-refractivity contribution is 5.99. The van der Waals surface area contributed by atoms with Gasteiger partial charge in [0.15, 0.2) is 5.52 Å². The SMILES string of the molecule is COc1nccc2[nH]c(/N=C(\N)OC(=N)c3ccc(OC(F)(F)F)cc3)nc12. The summed E-state index contributed by atoms with van der Waals surface area (Å²) in [6.07, 6.45) is -3.28. The Hall–Kier alpha value is -3.83. The molecule has 3 rings (SSSR count). The summed E-state index contributed by atoms with van der Waals surface area (Å²) in [5, 5.41) is 7.84. The molecule has 2 aromatic heterocycles. The number of rotatable bonds is 4. The van der Waals surface area contributed by atoms with Gasteiger partial charge in [0.05, 0.1) is 12.6 Å². The third-order valence-electron chi connectivity index (χ3n) is 3.32. The van der Waals surface area contributed by atoms with E-state index in [0.717, 1.165) is 12.1 Å². The lowest BCUT2D eigenvalue weighted by Crippen LogP contribution is -2.21. The second-order valence-electron chi connectivity index (χ2n) is 5.23. The first-order chi connectivity index (χ1) is 13.2. The fourth-order valence-electron chi connectivity index (χ4n) is 2.20. The first kappa shape index (κ1) is 18.9. The highest BCUT2D eigenvalue weighted by atomic mass is 19.4. The number of amidine groups is 1. The number of nitrogens with one attached hydrogen (secondary N) is 2. The number of benzene rings is 1. The van der Waals surface area contributed by atoms with Crippen molar-refractivity contribution in [2.75, 3.05) is 7.11 Å². The van der Waals surface area contributed by atoms with Crippen LogP contribution in [0, 0.1) is 5.41 Å². The van der Waals surface area contributed by atoms with E-state index in [0.29, 0.717) is 16.9 Å². The number of pyridine rings is 1. The number of fused-ring (bicyclic) bond motifs is 1. The molecular weight excluding hydrogens is 381 g/mol. The lowest BCUT2D eigenvalue weighted by molar-refractivity contribution is -0.274. The molecule has 9 nitrogen and oxygen atoms in total. The average molecular weight is 394 g/mol. The number of aromatic nitrogens is 3. The standard InChI is InChI=1S/C16H13F3N6O3/c1-26-13-11-10(6-7-22-13)23-15(24-11)25-14(21)27-12(20)8-2-4-9(5-3-8)28-16(17,18)19/h2-7,20H,1H3,(H3,21,23,24,25). The number of ether oxygens (including phenoxy) is 3. The molecular formula is C16H13F3N6O3. The van der Waals surface area contributed by atoms with Crippen LogP contribution < -0.4 is 15.2 Å². The Morgan fingerprint density at radius 3 is 2.57 bits per heavy atom. The minimum absolute atomic E-state index is 0.0977. The quantitative estimate of drug-likeness (QED) is 0.461. The highest BCUT2D eigenvalue weighted by Gasteiger charge is 2.31. The number of alkyl halides is 3. The van der Waals surface area contributed by atoms with Gasteiger partial charge in [0.1, 0.15) is 5.75 Å². The predicted octanol–water partition coefficient (Wildman–Crippen LogP) is 2.85. The summed E-state index contributed by atoms with van der Waals surface area (Å²) in [6.45, 7) is 0. The maximum Gasteiger partial charge on any atom is 0.573 e. The van der Waals surface area contributed by atoms with Crippen LogP contribution in [0.4, 0.5) is 19.1 Å². The molecule has 0 fully saturated rings. The zero-order chi connectivity index (χ0) is 20.3. The first-order valence-electron chi connectivity index (χ1n) is 7.60. The number of hydrogen-bond donors (Lipinski definition) is 3. The summed E-state index contributed by atoms with van der Waals surface area (Å²) in [6, 6.07) is 5.79. The van der Waals surface area contributed by atoms with Crippen LogP contribution in [0.15, 0.2) is 41.5 Å². The first-order valence-corrected chi connectivity index (χ1v) is 7.60. The molecule has 0 amide bonds. The van der Waals surface area contributed by atoms with E-state index in [-0.39, 0.29) is 11.5 Å². The molecule has 0 atom stereocenters. The fraction of sp³-hybridized carbons (Fsp3) is 0.125. The van der Waals surface area contributed by atoms with Crippen LogP contribution >= 0.6 is 0 Å². The Morgan fingerprint density at radius 1 is 1.21 bits per heavy atom. The van der Waals surface area contributed by atoms with Gasteiger partial charge in [-0.1, -0.05) is 0 Å². The van der Waals surface area contributed by atoms with Crippen molar-refractivity contribution in [2.45, 2.75) is 6.36 Å². The van der Waals surface area contributed by atoms with Crippen LogP contribution in [0.5, 0.6) is 11.6 Å². The molecule has 4 N–H and O–H groups in total. The molecule has 2 heterocycles. The molecule has 0 bridgehead atoms. The van der Waals surface area contributed by atoms with Crippen molar-refractivity contribution < 1.29 is 27.4 Å². The number of imidazole rings is 1. The summed E-state index contributed by atoms with van der Waals surface area (Å²) in [5.74, 6) is -0.449. The molecule has 0 radical (unpaired) electrons. The Bertz CT molecular complexity index is 1030. The van der Waals surface area contributed by atoms with E-state index >= 15 is 0 Å². The van der Waals surface area contributed by atoms with Crippen LogP contribution in [-0.2, 0) is 4.74 Å². The minimum Gasteiger partial charge on any atom is -0.479 e. The largest absolute Gasteiger partial charge is 0.573 e. The second kappa shape index (κ2) is 7.42. The molecule has 0 spiro atoms. The van der Waals surface area contributed by atoms with Gasteiger partial charge in [-0.15, -0.1) is 13.2 Å². The molecule has 28 heavy (non-hydrogen) atoms. The maximum atomic E-state index is 12.2.